The van der Waals surface area contributed by atoms with Crippen molar-refractivity contribution in [3.05, 3.63) is 72.6 Å². The number of nitrogens with zero attached hydrogens (tertiary/aromatic N) is 2. The van der Waals surface area contributed by atoms with Gasteiger partial charge < -0.3 is 5.32 Å². The van der Waals surface area contributed by atoms with Crippen molar-refractivity contribution < 1.29 is 0 Å². The third-order valence-corrected chi connectivity index (χ3v) is 3.79. The molecule has 0 fully saturated rings. The van der Waals surface area contributed by atoms with Crippen LogP contribution in [0.2, 0.25) is 0 Å². The van der Waals surface area contributed by atoms with Gasteiger partial charge in [0.15, 0.2) is 0 Å². The summed E-state index contributed by atoms with van der Waals surface area (Å²) in [4.78, 5) is 9.10. The minimum Gasteiger partial charge on any atom is -0.340 e. The van der Waals surface area contributed by atoms with Crippen molar-refractivity contribution in [2.45, 2.75) is 6.92 Å². The van der Waals surface area contributed by atoms with Crippen LogP contribution in [0.3, 0.4) is 0 Å². The molecule has 0 unspecified atom stereocenters. The van der Waals surface area contributed by atoms with Gasteiger partial charge in [0.2, 0.25) is 0 Å². The molecule has 2 aromatic heterocycles. The molecule has 2 heterocycles. The molecule has 0 radical (unpaired) electrons. The largest absolute Gasteiger partial charge is 0.340 e. The van der Waals surface area contributed by atoms with E-state index in [1.54, 1.807) is 6.20 Å². The number of hydrogen-bond acceptors (Lipinski definition) is 3. The van der Waals surface area contributed by atoms with E-state index in [0.717, 1.165) is 33.2 Å². The first kappa shape index (κ1) is 12.8. The van der Waals surface area contributed by atoms with E-state index in [1.165, 1.54) is 5.56 Å². The van der Waals surface area contributed by atoms with Gasteiger partial charge in [-0.05, 0) is 36.8 Å². The van der Waals surface area contributed by atoms with E-state index in [9.17, 15) is 0 Å². The van der Waals surface area contributed by atoms with Crippen LogP contribution in [-0.2, 0) is 0 Å². The quantitative estimate of drug-likeness (QED) is 0.536. The fourth-order valence-electron chi connectivity index (χ4n) is 2.71. The molecule has 4 aromatic rings. The number of aromatic nitrogens is 2. The van der Waals surface area contributed by atoms with E-state index in [-0.39, 0.29) is 0 Å². The van der Waals surface area contributed by atoms with E-state index in [0.29, 0.717) is 0 Å². The number of fused-ring (bicyclic) bond motifs is 3. The number of benzene rings is 2. The molecule has 3 heteroatoms. The summed E-state index contributed by atoms with van der Waals surface area (Å²) in [6.07, 6.45) is 3.71. The summed E-state index contributed by atoms with van der Waals surface area (Å²) in [6.45, 7) is 2.08. The second-order valence-corrected chi connectivity index (χ2v) is 5.39. The Labute approximate surface area is 128 Å². The average molecular weight is 285 g/mol. The number of rotatable bonds is 2. The molecule has 22 heavy (non-hydrogen) atoms. The third kappa shape index (κ3) is 2.17. The number of para-hydroxylation sites is 1. The second kappa shape index (κ2) is 5.11. The lowest BCUT2D eigenvalue weighted by molar-refractivity contribution is 1.34. The van der Waals surface area contributed by atoms with Crippen molar-refractivity contribution in [1.82, 2.24) is 9.97 Å². The Morgan fingerprint density at radius 2 is 1.73 bits per heavy atom. The van der Waals surface area contributed by atoms with E-state index in [1.807, 2.05) is 42.6 Å². The minimum atomic E-state index is 0.863. The molecule has 3 nitrogen and oxygen atoms in total. The van der Waals surface area contributed by atoms with Crippen LogP contribution in [0, 0.1) is 6.92 Å². The second-order valence-electron chi connectivity index (χ2n) is 5.39. The van der Waals surface area contributed by atoms with Gasteiger partial charge in [0.1, 0.15) is 5.82 Å². The molecule has 0 atom stereocenters. The zero-order valence-corrected chi connectivity index (χ0v) is 12.2. The summed E-state index contributed by atoms with van der Waals surface area (Å²) >= 11 is 0. The van der Waals surface area contributed by atoms with Gasteiger partial charge in [-0.15, -0.1) is 0 Å². The van der Waals surface area contributed by atoms with E-state index >= 15 is 0 Å². The lowest BCUT2D eigenvalue weighted by Gasteiger charge is -2.11. The monoisotopic (exact) mass is 285 g/mol. The average Bonchev–Trinajstić information content (AvgIpc) is 2.56. The van der Waals surface area contributed by atoms with Gasteiger partial charge in [0, 0.05) is 34.2 Å². The highest BCUT2D eigenvalue weighted by Crippen LogP contribution is 2.30. The summed E-state index contributed by atoms with van der Waals surface area (Å²) in [5, 5.41) is 6.75. The first-order chi connectivity index (χ1) is 10.8. The molecule has 1 N–H and O–H groups in total. The Hall–Kier alpha value is -2.94. The van der Waals surface area contributed by atoms with Crippen LogP contribution in [0.1, 0.15) is 5.56 Å². The van der Waals surface area contributed by atoms with Crippen LogP contribution in [-0.4, -0.2) is 9.97 Å². The lowest BCUT2D eigenvalue weighted by Crippen LogP contribution is -1.96. The Bertz CT molecular complexity index is 962. The molecule has 2 aromatic carbocycles. The van der Waals surface area contributed by atoms with Gasteiger partial charge in [0.05, 0.1) is 5.52 Å². The van der Waals surface area contributed by atoms with Crippen LogP contribution in [0.25, 0.3) is 21.7 Å². The maximum Gasteiger partial charge on any atom is 0.139 e. The van der Waals surface area contributed by atoms with Gasteiger partial charge in [-0.1, -0.05) is 30.3 Å². The molecule has 0 aliphatic carbocycles. The van der Waals surface area contributed by atoms with Crippen molar-refractivity contribution in [2.75, 3.05) is 5.32 Å². The van der Waals surface area contributed by atoms with E-state index < -0.39 is 0 Å². The van der Waals surface area contributed by atoms with Gasteiger partial charge in [-0.3, -0.25) is 4.98 Å². The van der Waals surface area contributed by atoms with Gasteiger partial charge in [-0.25, -0.2) is 4.98 Å². The summed E-state index contributed by atoms with van der Waals surface area (Å²) in [6, 6.07) is 18.4. The highest BCUT2D eigenvalue weighted by Gasteiger charge is 2.08. The zero-order chi connectivity index (χ0) is 14.9. The van der Waals surface area contributed by atoms with Crippen molar-refractivity contribution >= 4 is 33.2 Å². The van der Waals surface area contributed by atoms with Crippen LogP contribution in [0.5, 0.6) is 0 Å². The third-order valence-electron chi connectivity index (χ3n) is 3.79. The Morgan fingerprint density at radius 3 is 2.59 bits per heavy atom. The molecular weight excluding hydrogens is 270 g/mol. The highest BCUT2D eigenvalue weighted by atomic mass is 15.0. The van der Waals surface area contributed by atoms with E-state index in [2.05, 4.69) is 35.4 Å². The van der Waals surface area contributed by atoms with Gasteiger partial charge in [-0.2, -0.15) is 0 Å². The molecular formula is C19H15N3. The fraction of sp³-hybridized carbons (Fsp3) is 0.0526. The SMILES string of the molecule is Cc1ccc2c(c1)nc(Nc1ccccc1)c1ccncc12. The molecule has 0 bridgehead atoms. The summed E-state index contributed by atoms with van der Waals surface area (Å²) in [7, 11) is 0. The number of hydrogen-bond donors (Lipinski definition) is 1. The molecule has 0 aliphatic heterocycles. The first-order valence-electron chi connectivity index (χ1n) is 7.27. The van der Waals surface area contributed by atoms with Crippen LogP contribution in [0.4, 0.5) is 11.5 Å². The summed E-state index contributed by atoms with van der Waals surface area (Å²) in [5.74, 6) is 0.863. The normalized spacial score (nSPS) is 11.0. The predicted octanol–water partition coefficient (Wildman–Crippen LogP) is 4.84. The van der Waals surface area contributed by atoms with Crippen LogP contribution < -0.4 is 5.32 Å². The van der Waals surface area contributed by atoms with Crippen LogP contribution in [0.15, 0.2) is 67.0 Å². The summed E-state index contributed by atoms with van der Waals surface area (Å²) in [5.41, 5.74) is 3.22. The smallest absolute Gasteiger partial charge is 0.139 e. The standard InChI is InChI=1S/C19H15N3/c1-13-7-8-15-17-12-20-10-9-16(17)19(22-18(15)11-13)21-14-5-3-2-4-6-14/h2-12H,1H3,(H,21,22). The maximum absolute atomic E-state index is 4.82. The number of pyridine rings is 2. The Morgan fingerprint density at radius 1 is 0.864 bits per heavy atom. The summed E-state index contributed by atoms with van der Waals surface area (Å²) < 4.78 is 0. The Kier molecular flexibility index (Phi) is 2.97. The lowest BCUT2D eigenvalue weighted by atomic mass is 10.1. The maximum atomic E-state index is 4.82. The minimum absolute atomic E-state index is 0.863. The van der Waals surface area contributed by atoms with Crippen molar-refractivity contribution in [3.63, 3.8) is 0 Å². The predicted molar refractivity (Wildman–Crippen MR) is 91.5 cm³/mol. The van der Waals surface area contributed by atoms with E-state index in [4.69, 9.17) is 4.98 Å². The van der Waals surface area contributed by atoms with Gasteiger partial charge in [0.25, 0.3) is 0 Å². The molecule has 0 saturated carbocycles. The van der Waals surface area contributed by atoms with Crippen LogP contribution >= 0.6 is 0 Å². The molecule has 0 spiro atoms. The number of aryl methyl sites for hydroxylation is 1. The van der Waals surface area contributed by atoms with Crippen molar-refractivity contribution in [3.8, 4) is 0 Å². The Balaban J connectivity index is 1.99. The number of anilines is 2. The van der Waals surface area contributed by atoms with Crippen molar-refractivity contribution in [1.29, 1.82) is 0 Å². The molecule has 0 saturated heterocycles. The topological polar surface area (TPSA) is 37.8 Å². The van der Waals surface area contributed by atoms with Crippen molar-refractivity contribution in [2.24, 2.45) is 0 Å². The first-order valence-corrected chi connectivity index (χ1v) is 7.27. The van der Waals surface area contributed by atoms with Gasteiger partial charge >= 0.3 is 0 Å². The molecule has 106 valence electrons. The fourth-order valence-corrected chi connectivity index (χ4v) is 2.71. The zero-order valence-electron chi connectivity index (χ0n) is 12.2. The molecule has 4 rings (SSSR count). The molecule has 0 amide bonds. The molecule has 0 aliphatic rings. The highest BCUT2D eigenvalue weighted by molar-refractivity contribution is 6.10. The number of nitrogens with one attached hydrogen (secondary N) is 1.